The van der Waals surface area contributed by atoms with Crippen molar-refractivity contribution in [3.8, 4) is 5.75 Å². The molecule has 4 nitrogen and oxygen atoms in total. The molecule has 5 heteroatoms. The van der Waals surface area contributed by atoms with Crippen LogP contribution in [0.3, 0.4) is 0 Å². The van der Waals surface area contributed by atoms with Crippen molar-refractivity contribution in [1.82, 2.24) is 4.98 Å². The van der Waals surface area contributed by atoms with Crippen LogP contribution in [0.5, 0.6) is 5.75 Å². The number of carboxylic acids is 1. The van der Waals surface area contributed by atoms with Gasteiger partial charge in [-0.3, -0.25) is 4.79 Å². The van der Waals surface area contributed by atoms with Gasteiger partial charge in [0.2, 0.25) is 0 Å². The number of nitrogens with zero attached hydrogens (tertiary/aromatic N) is 1. The smallest absolute Gasteiger partial charge is 0.307 e. The van der Waals surface area contributed by atoms with E-state index in [-0.39, 0.29) is 23.0 Å². The monoisotopic (exact) mass is 213 g/mol. The predicted octanol–water partition coefficient (Wildman–Crippen LogP) is 1.93. The summed E-state index contributed by atoms with van der Waals surface area (Å²) in [6, 6.07) is 2.85. The molecule has 1 rings (SSSR count). The molecular formula is C9H8ClNO3. The van der Waals surface area contributed by atoms with Crippen molar-refractivity contribution in [3.63, 3.8) is 0 Å². The standard InChI is InChI=1S/C9H8ClNO3/c10-8-5-4-7(12)6(11-8)2-1-3-9(13)14/h1-2,4-5,12H,3H2,(H,13,14). The lowest BCUT2D eigenvalue weighted by Crippen LogP contribution is -1.90. The minimum Gasteiger partial charge on any atom is -0.506 e. The molecule has 1 heterocycles. The van der Waals surface area contributed by atoms with Gasteiger partial charge in [0.15, 0.2) is 0 Å². The zero-order chi connectivity index (χ0) is 10.6. The summed E-state index contributed by atoms with van der Waals surface area (Å²) in [5, 5.41) is 17.9. The lowest BCUT2D eigenvalue weighted by atomic mass is 10.3. The summed E-state index contributed by atoms with van der Waals surface area (Å²) in [4.78, 5) is 14.0. The summed E-state index contributed by atoms with van der Waals surface area (Å²) in [5.74, 6) is -0.973. The molecule has 0 bridgehead atoms. The minimum atomic E-state index is -0.942. The van der Waals surface area contributed by atoms with Crippen LogP contribution in [0, 0.1) is 0 Å². The molecule has 0 aromatic carbocycles. The first-order valence-corrected chi connectivity index (χ1v) is 4.21. The molecule has 0 radical (unpaired) electrons. The van der Waals surface area contributed by atoms with E-state index in [0.29, 0.717) is 0 Å². The van der Waals surface area contributed by atoms with Crippen LogP contribution in [0.15, 0.2) is 18.2 Å². The Bertz CT molecular complexity index is 376. The average Bonchev–Trinajstić information content (AvgIpc) is 2.10. The first-order valence-electron chi connectivity index (χ1n) is 3.83. The lowest BCUT2D eigenvalue weighted by Gasteiger charge is -1.97. The number of hydrogen-bond acceptors (Lipinski definition) is 3. The fourth-order valence-corrected chi connectivity index (χ4v) is 0.991. The molecule has 1 aromatic rings. The van der Waals surface area contributed by atoms with Crippen molar-refractivity contribution in [2.24, 2.45) is 0 Å². The Morgan fingerprint density at radius 1 is 1.57 bits per heavy atom. The topological polar surface area (TPSA) is 70.4 Å². The number of rotatable bonds is 3. The Labute approximate surface area is 85.5 Å². The van der Waals surface area contributed by atoms with Crippen molar-refractivity contribution in [2.75, 3.05) is 0 Å². The van der Waals surface area contributed by atoms with E-state index in [1.54, 1.807) is 0 Å². The van der Waals surface area contributed by atoms with Gasteiger partial charge >= 0.3 is 5.97 Å². The summed E-state index contributed by atoms with van der Waals surface area (Å²) in [6.07, 6.45) is 2.68. The molecular weight excluding hydrogens is 206 g/mol. The van der Waals surface area contributed by atoms with Crippen LogP contribution in [0.2, 0.25) is 5.15 Å². The number of pyridine rings is 1. The number of carbonyl (C=O) groups is 1. The summed E-state index contributed by atoms with van der Waals surface area (Å²) >= 11 is 5.59. The second kappa shape index (κ2) is 4.62. The Morgan fingerprint density at radius 3 is 2.93 bits per heavy atom. The lowest BCUT2D eigenvalue weighted by molar-refractivity contribution is -0.135. The van der Waals surface area contributed by atoms with Crippen molar-refractivity contribution in [2.45, 2.75) is 6.42 Å². The van der Waals surface area contributed by atoms with Gasteiger partial charge in [0, 0.05) is 0 Å². The van der Waals surface area contributed by atoms with E-state index in [1.807, 2.05) is 0 Å². The van der Waals surface area contributed by atoms with Crippen molar-refractivity contribution in [3.05, 3.63) is 29.1 Å². The van der Waals surface area contributed by atoms with Gasteiger partial charge in [-0.2, -0.15) is 0 Å². The maximum absolute atomic E-state index is 10.2. The van der Waals surface area contributed by atoms with Gasteiger partial charge in [0.05, 0.1) is 6.42 Å². The summed E-state index contributed by atoms with van der Waals surface area (Å²) < 4.78 is 0. The summed E-state index contributed by atoms with van der Waals surface area (Å²) in [6.45, 7) is 0. The molecule has 14 heavy (non-hydrogen) atoms. The van der Waals surface area contributed by atoms with Gasteiger partial charge in [0.25, 0.3) is 0 Å². The second-order valence-corrected chi connectivity index (χ2v) is 2.93. The highest BCUT2D eigenvalue weighted by atomic mass is 35.5. The third-order valence-electron chi connectivity index (χ3n) is 1.44. The zero-order valence-corrected chi connectivity index (χ0v) is 7.90. The van der Waals surface area contributed by atoms with Crippen molar-refractivity contribution in [1.29, 1.82) is 0 Å². The molecule has 0 aliphatic heterocycles. The number of aliphatic carboxylic acids is 1. The largest absolute Gasteiger partial charge is 0.506 e. The zero-order valence-electron chi connectivity index (χ0n) is 7.14. The van der Waals surface area contributed by atoms with Gasteiger partial charge in [-0.25, -0.2) is 4.98 Å². The van der Waals surface area contributed by atoms with E-state index in [9.17, 15) is 9.90 Å². The van der Waals surface area contributed by atoms with Crippen LogP contribution in [-0.4, -0.2) is 21.2 Å². The third-order valence-corrected chi connectivity index (χ3v) is 1.65. The number of aromatic hydroxyl groups is 1. The van der Waals surface area contributed by atoms with E-state index in [0.717, 1.165) is 0 Å². The second-order valence-electron chi connectivity index (χ2n) is 2.54. The SMILES string of the molecule is O=C(O)CC=Cc1nc(Cl)ccc1O. The molecule has 0 fully saturated rings. The number of halogens is 1. The van der Waals surface area contributed by atoms with E-state index in [2.05, 4.69) is 4.98 Å². The highest BCUT2D eigenvalue weighted by Gasteiger charge is 1.99. The Balaban J connectivity index is 2.80. The Morgan fingerprint density at radius 2 is 2.29 bits per heavy atom. The highest BCUT2D eigenvalue weighted by molar-refractivity contribution is 6.29. The number of carboxylic acid groups (broad SMARTS) is 1. The van der Waals surface area contributed by atoms with Crippen LogP contribution in [0.1, 0.15) is 12.1 Å². The van der Waals surface area contributed by atoms with Gasteiger partial charge in [0.1, 0.15) is 16.6 Å². The molecule has 74 valence electrons. The van der Waals surface area contributed by atoms with Crippen molar-refractivity contribution >= 4 is 23.6 Å². The maximum Gasteiger partial charge on any atom is 0.307 e. The molecule has 0 spiro atoms. The van der Waals surface area contributed by atoms with E-state index < -0.39 is 5.97 Å². The maximum atomic E-state index is 10.2. The molecule has 0 saturated heterocycles. The van der Waals surface area contributed by atoms with Crippen LogP contribution in [0.25, 0.3) is 6.08 Å². The predicted molar refractivity (Wildman–Crippen MR) is 52.2 cm³/mol. The molecule has 0 amide bonds. The molecule has 2 N–H and O–H groups in total. The molecule has 0 unspecified atom stereocenters. The molecule has 0 aliphatic rings. The van der Waals surface area contributed by atoms with Gasteiger partial charge in [-0.15, -0.1) is 0 Å². The van der Waals surface area contributed by atoms with Crippen LogP contribution in [0.4, 0.5) is 0 Å². The van der Waals surface area contributed by atoms with Crippen LogP contribution in [-0.2, 0) is 4.79 Å². The van der Waals surface area contributed by atoms with E-state index in [4.69, 9.17) is 16.7 Å². The normalized spacial score (nSPS) is 10.6. The summed E-state index contributed by atoms with van der Waals surface area (Å²) in [5.41, 5.74) is 0.263. The van der Waals surface area contributed by atoms with Crippen LogP contribution >= 0.6 is 11.6 Å². The van der Waals surface area contributed by atoms with E-state index >= 15 is 0 Å². The Kier molecular flexibility index (Phi) is 3.48. The first-order chi connectivity index (χ1) is 6.59. The van der Waals surface area contributed by atoms with Crippen molar-refractivity contribution < 1.29 is 15.0 Å². The third kappa shape index (κ3) is 3.06. The van der Waals surface area contributed by atoms with Gasteiger partial charge in [-0.05, 0) is 18.2 Å². The molecule has 1 aromatic heterocycles. The van der Waals surface area contributed by atoms with Gasteiger partial charge in [-0.1, -0.05) is 17.7 Å². The first kappa shape index (κ1) is 10.5. The summed E-state index contributed by atoms with van der Waals surface area (Å²) in [7, 11) is 0. The quantitative estimate of drug-likeness (QED) is 0.753. The Hall–Kier alpha value is -1.55. The molecule has 0 atom stereocenters. The highest BCUT2D eigenvalue weighted by Crippen LogP contribution is 2.18. The molecule has 0 aliphatic carbocycles. The number of hydrogen-bond donors (Lipinski definition) is 2. The molecule has 0 saturated carbocycles. The number of aromatic nitrogens is 1. The van der Waals surface area contributed by atoms with E-state index in [1.165, 1.54) is 24.3 Å². The average molecular weight is 214 g/mol. The van der Waals surface area contributed by atoms with Crippen LogP contribution < -0.4 is 0 Å². The van der Waals surface area contributed by atoms with Gasteiger partial charge < -0.3 is 10.2 Å². The fourth-order valence-electron chi connectivity index (χ4n) is 0.837. The minimum absolute atomic E-state index is 0.0314. The fraction of sp³-hybridized carbons (Fsp3) is 0.111.